The third-order valence-corrected chi connectivity index (χ3v) is 4.07. The van der Waals surface area contributed by atoms with Gasteiger partial charge in [0.2, 0.25) is 0 Å². The van der Waals surface area contributed by atoms with Gasteiger partial charge in [-0.15, -0.1) is 0 Å². The molecule has 3 rings (SSSR count). The summed E-state index contributed by atoms with van der Waals surface area (Å²) in [5.74, 6) is -0.495. The smallest absolute Gasteiger partial charge is 0.294 e. The van der Waals surface area contributed by atoms with Crippen molar-refractivity contribution in [1.29, 1.82) is 0 Å². The first kappa shape index (κ1) is 17.6. The van der Waals surface area contributed by atoms with Crippen molar-refractivity contribution in [2.75, 3.05) is 0 Å². The van der Waals surface area contributed by atoms with E-state index in [1.807, 2.05) is 31.2 Å². The van der Waals surface area contributed by atoms with Crippen molar-refractivity contribution in [3.05, 3.63) is 72.1 Å². The number of hydrogen-bond acceptors (Lipinski definition) is 4. The summed E-state index contributed by atoms with van der Waals surface area (Å²) < 4.78 is 29.6. The molecule has 0 spiro atoms. The largest absolute Gasteiger partial charge is 0.364 e. The number of fused-ring (bicyclic) bond motifs is 1. The minimum Gasteiger partial charge on any atom is -0.364 e. The third-order valence-electron chi connectivity index (χ3n) is 3.20. The van der Waals surface area contributed by atoms with E-state index in [9.17, 15) is 13.2 Å². The molecule has 24 heavy (non-hydrogen) atoms. The Kier molecular flexibility index (Phi) is 5.28. The normalized spacial score (nSPS) is 10.8. The van der Waals surface area contributed by atoms with Crippen LogP contribution in [0.5, 0.6) is 0 Å². The number of aromatic nitrogens is 1. The van der Waals surface area contributed by atoms with Crippen LogP contribution in [0.1, 0.15) is 16.1 Å². The molecule has 0 unspecified atom stereocenters. The number of rotatable bonds is 2. The zero-order valence-electron chi connectivity index (χ0n) is 12.9. The van der Waals surface area contributed by atoms with Crippen molar-refractivity contribution in [2.24, 2.45) is 5.73 Å². The third kappa shape index (κ3) is 4.61. The highest BCUT2D eigenvalue weighted by Gasteiger charge is 2.06. The van der Waals surface area contributed by atoms with Gasteiger partial charge >= 0.3 is 0 Å². The van der Waals surface area contributed by atoms with Gasteiger partial charge in [-0.1, -0.05) is 42.0 Å². The molecule has 124 valence electrons. The number of carbonyl (C=O) groups excluding carboxylic acids is 1. The fourth-order valence-electron chi connectivity index (χ4n) is 1.93. The lowest BCUT2D eigenvalue weighted by Gasteiger charge is -1.97. The number of pyridine rings is 1. The molecule has 1 amide bonds. The first-order chi connectivity index (χ1) is 11.3. The van der Waals surface area contributed by atoms with E-state index in [-0.39, 0.29) is 4.90 Å². The fraction of sp³-hybridized carbons (Fsp3) is 0.0588. The van der Waals surface area contributed by atoms with Crippen LogP contribution in [0.25, 0.3) is 10.8 Å². The summed E-state index contributed by atoms with van der Waals surface area (Å²) in [6.45, 7) is 1.84. The first-order valence-electron chi connectivity index (χ1n) is 6.96. The molecular formula is C17H16N2O4S. The van der Waals surface area contributed by atoms with Crippen molar-refractivity contribution in [1.82, 2.24) is 4.98 Å². The van der Waals surface area contributed by atoms with Crippen LogP contribution in [-0.2, 0) is 10.1 Å². The standard InChI is InChI=1S/C10H8N2O.C7H8O3S/c11-10(13)9-5-7-3-1-2-4-8(7)6-12-9;1-6-2-4-7(5-3-6)11(8,9)10/h1-6H,(H2,11,13);2-5H,1H3,(H,8,9,10). The van der Waals surface area contributed by atoms with Gasteiger partial charge in [0, 0.05) is 11.6 Å². The van der Waals surface area contributed by atoms with Gasteiger partial charge in [-0.25, -0.2) is 0 Å². The number of amides is 1. The number of hydrogen-bond donors (Lipinski definition) is 2. The number of nitrogens with two attached hydrogens (primary N) is 1. The Morgan fingerprint density at radius 3 is 2.17 bits per heavy atom. The van der Waals surface area contributed by atoms with Gasteiger partial charge in [0.15, 0.2) is 0 Å². The Morgan fingerprint density at radius 1 is 1.04 bits per heavy atom. The molecule has 6 nitrogen and oxygen atoms in total. The number of aryl methyl sites for hydroxylation is 1. The van der Waals surface area contributed by atoms with Crippen molar-refractivity contribution in [2.45, 2.75) is 11.8 Å². The highest BCUT2D eigenvalue weighted by molar-refractivity contribution is 7.85. The fourth-order valence-corrected chi connectivity index (χ4v) is 2.41. The molecule has 1 aromatic heterocycles. The Morgan fingerprint density at radius 2 is 1.62 bits per heavy atom. The monoisotopic (exact) mass is 344 g/mol. The summed E-state index contributed by atoms with van der Waals surface area (Å²) in [5.41, 5.74) is 6.36. The molecule has 0 bridgehead atoms. The molecule has 0 fully saturated rings. The molecule has 0 saturated carbocycles. The molecule has 2 aromatic carbocycles. The topological polar surface area (TPSA) is 110 Å². The van der Waals surface area contributed by atoms with Gasteiger partial charge in [0.1, 0.15) is 5.69 Å². The quantitative estimate of drug-likeness (QED) is 0.694. The van der Waals surface area contributed by atoms with Gasteiger partial charge in [-0.3, -0.25) is 14.3 Å². The van der Waals surface area contributed by atoms with Crippen LogP contribution < -0.4 is 5.73 Å². The van der Waals surface area contributed by atoms with Crippen LogP contribution >= 0.6 is 0 Å². The van der Waals surface area contributed by atoms with Gasteiger partial charge in [0.05, 0.1) is 4.90 Å². The minimum absolute atomic E-state index is 0.0666. The second-order valence-corrected chi connectivity index (χ2v) is 6.49. The summed E-state index contributed by atoms with van der Waals surface area (Å²) in [5, 5.41) is 1.99. The summed E-state index contributed by atoms with van der Waals surface area (Å²) in [6.07, 6.45) is 1.65. The molecule has 3 aromatic rings. The highest BCUT2D eigenvalue weighted by Crippen LogP contribution is 2.12. The molecule has 0 atom stereocenters. The molecule has 0 radical (unpaired) electrons. The lowest BCUT2D eigenvalue weighted by Crippen LogP contribution is -2.12. The predicted molar refractivity (Wildman–Crippen MR) is 91.3 cm³/mol. The maximum Gasteiger partial charge on any atom is 0.294 e. The number of primary amides is 1. The van der Waals surface area contributed by atoms with E-state index in [1.165, 1.54) is 12.1 Å². The van der Waals surface area contributed by atoms with Gasteiger partial charge < -0.3 is 5.73 Å². The van der Waals surface area contributed by atoms with E-state index in [4.69, 9.17) is 10.3 Å². The van der Waals surface area contributed by atoms with Crippen LogP contribution in [0.3, 0.4) is 0 Å². The lowest BCUT2D eigenvalue weighted by atomic mass is 10.1. The Bertz CT molecular complexity index is 967. The van der Waals surface area contributed by atoms with Crippen molar-refractivity contribution >= 4 is 26.8 Å². The number of benzene rings is 2. The minimum atomic E-state index is -4.02. The Hall–Kier alpha value is -2.77. The van der Waals surface area contributed by atoms with E-state index in [0.717, 1.165) is 16.3 Å². The van der Waals surface area contributed by atoms with Crippen LogP contribution in [0, 0.1) is 6.92 Å². The maximum absolute atomic E-state index is 10.8. The van der Waals surface area contributed by atoms with Gasteiger partial charge in [-0.2, -0.15) is 8.42 Å². The van der Waals surface area contributed by atoms with E-state index in [2.05, 4.69) is 4.98 Å². The van der Waals surface area contributed by atoms with Gasteiger partial charge in [0.25, 0.3) is 16.0 Å². The zero-order chi connectivity index (χ0) is 17.7. The van der Waals surface area contributed by atoms with Crippen molar-refractivity contribution in [3.63, 3.8) is 0 Å². The maximum atomic E-state index is 10.8. The molecule has 0 aliphatic rings. The van der Waals surface area contributed by atoms with E-state index < -0.39 is 16.0 Å². The molecule has 3 N–H and O–H groups in total. The summed E-state index contributed by atoms with van der Waals surface area (Å²) in [6, 6.07) is 15.4. The lowest BCUT2D eigenvalue weighted by molar-refractivity contribution is 0.0995. The summed E-state index contributed by atoms with van der Waals surface area (Å²) in [4.78, 5) is 14.7. The molecule has 0 aliphatic heterocycles. The molecule has 0 saturated heterocycles. The van der Waals surface area contributed by atoms with Crippen molar-refractivity contribution in [3.8, 4) is 0 Å². The van der Waals surface area contributed by atoms with E-state index in [0.29, 0.717) is 5.69 Å². The highest BCUT2D eigenvalue weighted by atomic mass is 32.2. The molecular weight excluding hydrogens is 328 g/mol. The van der Waals surface area contributed by atoms with Crippen LogP contribution in [0.2, 0.25) is 0 Å². The SMILES string of the molecule is Cc1ccc(S(=O)(=O)O)cc1.NC(=O)c1cc2ccccc2cn1. The van der Waals surface area contributed by atoms with Crippen molar-refractivity contribution < 1.29 is 17.8 Å². The Balaban J connectivity index is 0.000000177. The molecule has 0 aliphatic carbocycles. The second kappa shape index (κ2) is 7.20. The van der Waals surface area contributed by atoms with E-state index in [1.54, 1.807) is 24.4 Å². The van der Waals surface area contributed by atoms with Crippen LogP contribution in [-0.4, -0.2) is 23.9 Å². The zero-order valence-corrected chi connectivity index (χ0v) is 13.7. The van der Waals surface area contributed by atoms with Crippen LogP contribution in [0.4, 0.5) is 0 Å². The average molecular weight is 344 g/mol. The van der Waals surface area contributed by atoms with Crippen LogP contribution in [0.15, 0.2) is 65.7 Å². The molecule has 1 heterocycles. The number of carbonyl (C=O) groups is 1. The van der Waals surface area contributed by atoms with E-state index >= 15 is 0 Å². The molecule has 7 heteroatoms. The number of nitrogens with zero attached hydrogens (tertiary/aromatic N) is 1. The second-order valence-electron chi connectivity index (χ2n) is 5.07. The summed E-state index contributed by atoms with van der Waals surface area (Å²) in [7, 11) is -4.02. The Labute approximate surface area is 139 Å². The summed E-state index contributed by atoms with van der Waals surface area (Å²) >= 11 is 0. The predicted octanol–water partition coefficient (Wildman–Crippen LogP) is 2.58. The average Bonchev–Trinajstić information content (AvgIpc) is 2.54. The first-order valence-corrected chi connectivity index (χ1v) is 8.40. The van der Waals surface area contributed by atoms with Gasteiger partial charge in [-0.05, 0) is 30.5 Å².